The van der Waals surface area contributed by atoms with Crippen LogP contribution in [-0.4, -0.2) is 57.3 Å². The topological polar surface area (TPSA) is 161 Å². The summed E-state index contributed by atoms with van der Waals surface area (Å²) in [6.45, 7) is -0.0383. The van der Waals surface area contributed by atoms with Crippen LogP contribution in [0.25, 0.3) is 0 Å². The van der Waals surface area contributed by atoms with Crippen LogP contribution >= 0.6 is 0 Å². The van der Waals surface area contributed by atoms with Gasteiger partial charge in [-0.15, -0.1) is 0 Å². The van der Waals surface area contributed by atoms with Gasteiger partial charge in [-0.1, -0.05) is 42.5 Å². The molecule has 38 heavy (non-hydrogen) atoms. The predicted molar refractivity (Wildman–Crippen MR) is 137 cm³/mol. The van der Waals surface area contributed by atoms with Gasteiger partial charge in [-0.25, -0.2) is 13.1 Å². The summed E-state index contributed by atoms with van der Waals surface area (Å²) >= 11 is 0. The average molecular weight is 539 g/mol. The van der Waals surface area contributed by atoms with Crippen molar-refractivity contribution < 1.29 is 32.3 Å². The van der Waals surface area contributed by atoms with E-state index in [-0.39, 0.29) is 35.0 Å². The highest BCUT2D eigenvalue weighted by Crippen LogP contribution is 2.13. The van der Waals surface area contributed by atoms with Crippen molar-refractivity contribution in [1.29, 1.82) is 0 Å². The fraction of sp³-hybridized carbons (Fsp3) is 0.192. The number of ether oxygens (including phenoxy) is 1. The third-order valence-corrected chi connectivity index (χ3v) is 6.59. The summed E-state index contributed by atoms with van der Waals surface area (Å²) in [5.41, 5.74) is 1.39. The standard InChI is InChI=1S/C26H26N4O7S/c1-37-24(32)17-29-26(34)22-11-10-20(16-28-22)25(33)30-38(35,36)21-9-5-8-19(14-21)12-13-27-23(31)15-18-6-3-2-4-7-18/h2-11,14,16H,12-13,15,17H2,1H3,(H,27,31)(H,29,34)(H,30,33). The number of carbonyl (C=O) groups excluding carboxylic acids is 4. The molecule has 3 rings (SSSR count). The van der Waals surface area contributed by atoms with Gasteiger partial charge >= 0.3 is 5.97 Å². The number of nitrogens with zero attached hydrogens (tertiary/aromatic N) is 1. The van der Waals surface area contributed by atoms with Crippen LogP contribution in [0.2, 0.25) is 0 Å². The number of rotatable bonds is 11. The van der Waals surface area contributed by atoms with Crippen molar-refractivity contribution in [1.82, 2.24) is 20.3 Å². The highest BCUT2D eigenvalue weighted by Gasteiger charge is 2.20. The Kier molecular flexibility index (Phi) is 9.66. The molecule has 0 spiro atoms. The maximum absolute atomic E-state index is 12.8. The van der Waals surface area contributed by atoms with E-state index < -0.39 is 27.8 Å². The SMILES string of the molecule is COC(=O)CNC(=O)c1ccc(C(=O)NS(=O)(=O)c2cccc(CCNC(=O)Cc3ccccc3)c2)cn1. The molecule has 0 bridgehead atoms. The Hall–Kier alpha value is -4.58. The van der Waals surface area contributed by atoms with Crippen molar-refractivity contribution in [2.24, 2.45) is 0 Å². The van der Waals surface area contributed by atoms with Crippen molar-refractivity contribution >= 4 is 33.7 Å². The first-order valence-corrected chi connectivity index (χ1v) is 12.9. The van der Waals surface area contributed by atoms with Crippen LogP contribution < -0.4 is 15.4 Å². The molecule has 0 aliphatic rings. The van der Waals surface area contributed by atoms with Crippen molar-refractivity contribution in [3.63, 3.8) is 0 Å². The van der Waals surface area contributed by atoms with Gasteiger partial charge in [0.25, 0.3) is 21.8 Å². The molecule has 1 heterocycles. The van der Waals surface area contributed by atoms with Crippen molar-refractivity contribution in [3.8, 4) is 0 Å². The molecule has 2 aromatic carbocycles. The van der Waals surface area contributed by atoms with Crippen molar-refractivity contribution in [3.05, 3.63) is 95.3 Å². The van der Waals surface area contributed by atoms with Gasteiger partial charge < -0.3 is 15.4 Å². The first-order valence-electron chi connectivity index (χ1n) is 11.5. The minimum absolute atomic E-state index is 0.0723. The molecule has 1 aromatic heterocycles. The van der Waals surface area contributed by atoms with Crippen LogP contribution in [0.5, 0.6) is 0 Å². The zero-order chi connectivity index (χ0) is 27.5. The number of methoxy groups -OCH3 is 1. The molecule has 0 saturated carbocycles. The van der Waals surface area contributed by atoms with Crippen molar-refractivity contribution in [2.45, 2.75) is 17.7 Å². The lowest BCUT2D eigenvalue weighted by Gasteiger charge is -2.10. The van der Waals surface area contributed by atoms with Gasteiger partial charge in [0.05, 0.1) is 24.0 Å². The van der Waals surface area contributed by atoms with Gasteiger partial charge in [-0.3, -0.25) is 24.2 Å². The van der Waals surface area contributed by atoms with Crippen LogP contribution in [0.3, 0.4) is 0 Å². The van der Waals surface area contributed by atoms with Gasteiger partial charge in [0.15, 0.2) is 0 Å². The van der Waals surface area contributed by atoms with E-state index >= 15 is 0 Å². The second kappa shape index (κ2) is 13.1. The number of nitrogens with one attached hydrogen (secondary N) is 3. The Balaban J connectivity index is 1.55. The molecular weight excluding hydrogens is 512 g/mol. The number of benzene rings is 2. The quantitative estimate of drug-likeness (QED) is 0.305. The maximum Gasteiger partial charge on any atom is 0.325 e. The molecule has 3 aromatic rings. The molecule has 198 valence electrons. The van der Waals surface area contributed by atoms with E-state index in [0.29, 0.717) is 18.5 Å². The van der Waals surface area contributed by atoms with Crippen LogP contribution in [0.1, 0.15) is 32.0 Å². The van der Waals surface area contributed by atoms with Crippen molar-refractivity contribution in [2.75, 3.05) is 20.2 Å². The summed E-state index contributed by atoms with van der Waals surface area (Å²) in [7, 11) is -3.03. The van der Waals surface area contributed by atoms with E-state index in [2.05, 4.69) is 20.4 Å². The Morgan fingerprint density at radius 2 is 1.61 bits per heavy atom. The lowest BCUT2D eigenvalue weighted by Crippen LogP contribution is -2.32. The van der Waals surface area contributed by atoms with E-state index in [9.17, 15) is 27.6 Å². The third-order valence-electron chi connectivity index (χ3n) is 5.26. The molecule has 0 unspecified atom stereocenters. The van der Waals surface area contributed by atoms with E-state index in [0.717, 1.165) is 11.8 Å². The minimum Gasteiger partial charge on any atom is -0.468 e. The molecule has 0 saturated heterocycles. The largest absolute Gasteiger partial charge is 0.468 e. The molecule has 0 radical (unpaired) electrons. The Bertz CT molecular complexity index is 1410. The maximum atomic E-state index is 12.8. The Morgan fingerprint density at radius 3 is 2.29 bits per heavy atom. The highest BCUT2D eigenvalue weighted by atomic mass is 32.2. The number of pyridine rings is 1. The number of hydrogen-bond donors (Lipinski definition) is 3. The molecule has 0 aliphatic carbocycles. The summed E-state index contributed by atoms with van der Waals surface area (Å²) in [5.74, 6) is -2.38. The zero-order valence-electron chi connectivity index (χ0n) is 20.5. The molecule has 11 nitrogen and oxygen atoms in total. The van der Waals surface area contributed by atoms with Gasteiger partial charge in [0.2, 0.25) is 5.91 Å². The fourth-order valence-electron chi connectivity index (χ4n) is 3.28. The molecular formula is C26H26N4O7S. The fourth-order valence-corrected chi connectivity index (χ4v) is 4.32. The highest BCUT2D eigenvalue weighted by molar-refractivity contribution is 7.90. The van der Waals surface area contributed by atoms with E-state index in [4.69, 9.17) is 0 Å². The van der Waals surface area contributed by atoms with Gasteiger partial charge in [0.1, 0.15) is 12.2 Å². The van der Waals surface area contributed by atoms with Crippen LogP contribution in [0.15, 0.2) is 77.8 Å². The lowest BCUT2D eigenvalue weighted by atomic mass is 10.1. The zero-order valence-corrected chi connectivity index (χ0v) is 21.3. The smallest absolute Gasteiger partial charge is 0.325 e. The number of sulfonamides is 1. The van der Waals surface area contributed by atoms with Crippen LogP contribution in [0, 0.1) is 0 Å². The van der Waals surface area contributed by atoms with E-state index in [1.165, 1.54) is 31.4 Å². The summed E-state index contributed by atoms with van der Waals surface area (Å²) in [6, 6.07) is 17.8. The lowest BCUT2D eigenvalue weighted by molar-refractivity contribution is -0.139. The second-order valence-electron chi connectivity index (χ2n) is 8.04. The third kappa shape index (κ3) is 8.23. The number of carbonyl (C=O) groups is 4. The number of aromatic nitrogens is 1. The second-order valence-corrected chi connectivity index (χ2v) is 9.72. The first kappa shape index (κ1) is 28.0. The minimum atomic E-state index is -4.21. The first-order chi connectivity index (χ1) is 18.2. The molecule has 12 heteroatoms. The van der Waals surface area contributed by atoms with Gasteiger partial charge in [0, 0.05) is 12.7 Å². The summed E-state index contributed by atoms with van der Waals surface area (Å²) in [6.07, 6.45) is 1.68. The molecule has 0 fully saturated rings. The van der Waals surface area contributed by atoms with Gasteiger partial charge in [-0.05, 0) is 41.8 Å². The number of esters is 1. The average Bonchev–Trinajstić information content (AvgIpc) is 2.92. The molecule has 3 amide bonds. The predicted octanol–water partition coefficient (Wildman–Crippen LogP) is 1.00. The van der Waals surface area contributed by atoms with E-state index in [1.54, 1.807) is 12.1 Å². The molecule has 0 atom stereocenters. The van der Waals surface area contributed by atoms with E-state index in [1.807, 2.05) is 35.1 Å². The molecule has 3 N–H and O–H groups in total. The summed E-state index contributed by atoms with van der Waals surface area (Å²) < 4.78 is 32.0. The van der Waals surface area contributed by atoms with Crippen LogP contribution in [-0.2, 0) is 37.2 Å². The van der Waals surface area contributed by atoms with Gasteiger partial charge in [-0.2, -0.15) is 0 Å². The Morgan fingerprint density at radius 1 is 0.868 bits per heavy atom. The number of amides is 3. The Labute approximate surface area is 219 Å². The summed E-state index contributed by atoms with van der Waals surface area (Å²) in [4.78, 5) is 51.5. The summed E-state index contributed by atoms with van der Waals surface area (Å²) in [5, 5.41) is 5.10. The molecule has 0 aliphatic heterocycles. The monoisotopic (exact) mass is 538 g/mol. The van der Waals surface area contributed by atoms with Crippen LogP contribution in [0.4, 0.5) is 0 Å². The normalized spacial score (nSPS) is 10.8. The number of hydrogen-bond acceptors (Lipinski definition) is 8.